The number of benzene rings is 1. The maximum Gasteiger partial charge on any atom is 0.471 e. The molecule has 0 bridgehead atoms. The molecule has 5 nitrogen and oxygen atoms in total. The molecule has 0 saturated heterocycles. The number of alkyl halides is 3. The minimum absolute atomic E-state index is 0.188. The predicted octanol–water partition coefficient (Wildman–Crippen LogP) is 1.93. The molecule has 0 heterocycles. The molecule has 0 fully saturated rings. The van der Waals surface area contributed by atoms with Gasteiger partial charge in [-0.15, -0.1) is 0 Å². The second-order valence-corrected chi connectivity index (χ2v) is 3.84. The first-order valence-electron chi connectivity index (χ1n) is 4.83. The van der Waals surface area contributed by atoms with Crippen molar-refractivity contribution in [2.45, 2.75) is 12.7 Å². The molecule has 0 radical (unpaired) electrons. The van der Waals surface area contributed by atoms with Crippen LogP contribution in [0.25, 0.3) is 0 Å². The number of hydrogen-bond donors (Lipinski definition) is 3. The van der Waals surface area contributed by atoms with Crippen molar-refractivity contribution in [2.24, 2.45) is 0 Å². The molecule has 9 heteroatoms. The number of amides is 3. The number of phenols is 1. The van der Waals surface area contributed by atoms with Crippen LogP contribution in [0.4, 0.5) is 18.0 Å². The SMILES string of the molecule is O=C(NCc1cc(Cl)ccc1O)NC(=O)C(F)(F)F. The Morgan fingerprint density at radius 1 is 1.32 bits per heavy atom. The number of phenolic OH excluding ortho intramolecular Hbond substituents is 1. The third kappa shape index (κ3) is 4.66. The first kappa shape index (κ1) is 15.1. The summed E-state index contributed by atoms with van der Waals surface area (Å²) in [6.45, 7) is -0.288. The first-order valence-corrected chi connectivity index (χ1v) is 5.21. The Labute approximate surface area is 110 Å². The van der Waals surface area contributed by atoms with Crippen molar-refractivity contribution >= 4 is 23.5 Å². The highest BCUT2D eigenvalue weighted by atomic mass is 35.5. The van der Waals surface area contributed by atoms with Gasteiger partial charge in [-0.3, -0.25) is 10.1 Å². The monoisotopic (exact) mass is 296 g/mol. The topological polar surface area (TPSA) is 78.4 Å². The third-order valence-electron chi connectivity index (χ3n) is 1.97. The number of halogens is 4. The van der Waals surface area contributed by atoms with Gasteiger partial charge >= 0.3 is 18.1 Å². The zero-order valence-corrected chi connectivity index (χ0v) is 9.97. The number of hydrogen-bond acceptors (Lipinski definition) is 3. The molecule has 104 valence electrons. The van der Waals surface area contributed by atoms with Gasteiger partial charge in [-0.25, -0.2) is 4.79 Å². The molecule has 0 spiro atoms. The molecule has 3 amide bonds. The average Bonchev–Trinajstić information content (AvgIpc) is 2.29. The van der Waals surface area contributed by atoms with Crippen molar-refractivity contribution in [1.82, 2.24) is 10.6 Å². The van der Waals surface area contributed by atoms with Crippen molar-refractivity contribution in [1.29, 1.82) is 0 Å². The predicted molar refractivity (Wildman–Crippen MR) is 59.6 cm³/mol. The van der Waals surface area contributed by atoms with Crippen LogP contribution in [0.3, 0.4) is 0 Å². The molecular weight excluding hydrogens is 289 g/mol. The molecule has 1 rings (SSSR count). The van der Waals surface area contributed by atoms with E-state index in [0.29, 0.717) is 0 Å². The van der Waals surface area contributed by atoms with Crippen LogP contribution >= 0.6 is 11.6 Å². The van der Waals surface area contributed by atoms with E-state index < -0.39 is 18.1 Å². The Morgan fingerprint density at radius 3 is 2.53 bits per heavy atom. The molecule has 0 saturated carbocycles. The molecule has 19 heavy (non-hydrogen) atoms. The Hall–Kier alpha value is -1.96. The Kier molecular flexibility index (Phi) is 4.60. The summed E-state index contributed by atoms with van der Waals surface area (Å²) in [6.07, 6.45) is -5.14. The number of urea groups is 1. The molecule has 0 aliphatic heterocycles. The van der Waals surface area contributed by atoms with Gasteiger partial charge in [-0.05, 0) is 18.2 Å². The van der Waals surface area contributed by atoms with Gasteiger partial charge in [0.1, 0.15) is 5.75 Å². The summed E-state index contributed by atoms with van der Waals surface area (Å²) < 4.78 is 35.5. The number of carbonyl (C=O) groups is 2. The lowest BCUT2D eigenvalue weighted by Crippen LogP contribution is -2.45. The molecule has 1 aromatic rings. The van der Waals surface area contributed by atoms with Gasteiger partial charge in [0.05, 0.1) is 0 Å². The lowest BCUT2D eigenvalue weighted by Gasteiger charge is -2.09. The lowest BCUT2D eigenvalue weighted by atomic mass is 10.2. The molecule has 1 aromatic carbocycles. The largest absolute Gasteiger partial charge is 0.508 e. The highest BCUT2D eigenvalue weighted by molar-refractivity contribution is 6.30. The highest BCUT2D eigenvalue weighted by Crippen LogP contribution is 2.21. The van der Waals surface area contributed by atoms with Crippen molar-refractivity contribution in [3.63, 3.8) is 0 Å². The molecule has 0 aliphatic carbocycles. The summed E-state index contributed by atoms with van der Waals surface area (Å²) >= 11 is 5.63. The van der Waals surface area contributed by atoms with Gasteiger partial charge in [0, 0.05) is 17.1 Å². The van der Waals surface area contributed by atoms with E-state index in [1.54, 1.807) is 0 Å². The molecule has 0 atom stereocenters. The maximum atomic E-state index is 11.8. The fourth-order valence-corrected chi connectivity index (χ4v) is 1.28. The summed E-state index contributed by atoms with van der Waals surface area (Å²) in [5.41, 5.74) is 0.196. The number of aromatic hydroxyl groups is 1. The van der Waals surface area contributed by atoms with Gasteiger partial charge in [0.2, 0.25) is 0 Å². The summed E-state index contributed by atoms with van der Waals surface area (Å²) in [6, 6.07) is 2.65. The summed E-state index contributed by atoms with van der Waals surface area (Å²) in [5, 5.41) is 12.7. The quantitative estimate of drug-likeness (QED) is 0.780. The van der Waals surface area contributed by atoms with E-state index >= 15 is 0 Å². The second kappa shape index (κ2) is 5.79. The standard InChI is InChI=1S/C10H8ClF3N2O3/c11-6-1-2-7(17)5(3-6)4-15-9(19)16-8(18)10(12,13)14/h1-3,17H,4H2,(H2,15,16,18,19). The fourth-order valence-electron chi connectivity index (χ4n) is 1.09. The number of carbonyl (C=O) groups excluding carboxylic acids is 2. The van der Waals surface area contributed by atoms with Crippen molar-refractivity contribution in [3.8, 4) is 5.75 Å². The van der Waals surface area contributed by atoms with Gasteiger partial charge in [-0.1, -0.05) is 11.6 Å². The number of nitrogens with one attached hydrogen (secondary N) is 2. The molecule has 3 N–H and O–H groups in total. The van der Waals surface area contributed by atoms with Crippen molar-refractivity contribution in [3.05, 3.63) is 28.8 Å². The van der Waals surface area contributed by atoms with Gasteiger partial charge < -0.3 is 10.4 Å². The Morgan fingerprint density at radius 2 is 1.95 bits per heavy atom. The average molecular weight is 297 g/mol. The van der Waals surface area contributed by atoms with Crippen molar-refractivity contribution in [2.75, 3.05) is 0 Å². The lowest BCUT2D eigenvalue weighted by molar-refractivity contribution is -0.172. The Bertz CT molecular complexity index is 505. The number of rotatable bonds is 2. The van der Waals surface area contributed by atoms with E-state index in [0.717, 1.165) is 5.32 Å². The summed E-state index contributed by atoms with van der Waals surface area (Å²) in [7, 11) is 0. The van der Waals surface area contributed by atoms with E-state index in [4.69, 9.17) is 11.6 Å². The maximum absolute atomic E-state index is 11.8. The highest BCUT2D eigenvalue weighted by Gasteiger charge is 2.39. The van der Waals surface area contributed by atoms with E-state index in [-0.39, 0.29) is 22.9 Å². The van der Waals surface area contributed by atoms with Crippen LogP contribution in [0.1, 0.15) is 5.56 Å². The van der Waals surface area contributed by atoms with Crippen LogP contribution in [0.15, 0.2) is 18.2 Å². The molecular formula is C10H8ClF3N2O3. The molecule has 0 aromatic heterocycles. The van der Waals surface area contributed by atoms with E-state index in [1.807, 2.05) is 5.32 Å². The molecule has 0 unspecified atom stereocenters. The normalized spacial score (nSPS) is 10.9. The first-order chi connectivity index (χ1) is 8.70. The zero-order chi connectivity index (χ0) is 14.6. The van der Waals surface area contributed by atoms with Crippen LogP contribution < -0.4 is 10.6 Å². The van der Waals surface area contributed by atoms with Gasteiger partial charge in [0.15, 0.2) is 0 Å². The summed E-state index contributed by atoms with van der Waals surface area (Å²) in [4.78, 5) is 21.5. The number of imide groups is 1. The van der Waals surface area contributed by atoms with Gasteiger partial charge in [0.25, 0.3) is 0 Å². The smallest absolute Gasteiger partial charge is 0.471 e. The Balaban J connectivity index is 2.55. The van der Waals surface area contributed by atoms with Gasteiger partial charge in [-0.2, -0.15) is 13.2 Å². The van der Waals surface area contributed by atoms with E-state index in [1.165, 1.54) is 18.2 Å². The van der Waals surface area contributed by atoms with E-state index in [9.17, 15) is 27.9 Å². The van der Waals surface area contributed by atoms with Crippen LogP contribution in [0.5, 0.6) is 5.75 Å². The van der Waals surface area contributed by atoms with E-state index in [2.05, 4.69) is 0 Å². The minimum Gasteiger partial charge on any atom is -0.508 e. The molecule has 0 aliphatic rings. The van der Waals surface area contributed by atoms with Crippen LogP contribution in [0, 0.1) is 0 Å². The minimum atomic E-state index is -5.14. The van der Waals surface area contributed by atoms with Crippen molar-refractivity contribution < 1.29 is 27.9 Å². The second-order valence-electron chi connectivity index (χ2n) is 3.41. The van der Waals surface area contributed by atoms with Crippen LogP contribution in [0.2, 0.25) is 5.02 Å². The third-order valence-corrected chi connectivity index (χ3v) is 2.20. The van der Waals surface area contributed by atoms with Crippen LogP contribution in [-0.4, -0.2) is 23.2 Å². The summed E-state index contributed by atoms with van der Waals surface area (Å²) in [5.74, 6) is -2.56. The van der Waals surface area contributed by atoms with Crippen LogP contribution in [-0.2, 0) is 11.3 Å². The fraction of sp³-hybridized carbons (Fsp3) is 0.200. The zero-order valence-electron chi connectivity index (χ0n) is 9.21.